The van der Waals surface area contributed by atoms with Crippen molar-refractivity contribution >= 4 is 16.8 Å². The van der Waals surface area contributed by atoms with Gasteiger partial charge in [0.25, 0.3) is 0 Å². The van der Waals surface area contributed by atoms with Crippen molar-refractivity contribution in [2.45, 2.75) is 13.0 Å². The summed E-state index contributed by atoms with van der Waals surface area (Å²) in [6.45, 7) is 1.98. The molecule has 0 aliphatic rings. The maximum atomic E-state index is 11.3. The van der Waals surface area contributed by atoms with E-state index < -0.39 is 0 Å². The smallest absolute Gasteiger partial charge is 0.315 e. The fourth-order valence-corrected chi connectivity index (χ4v) is 1.97. The van der Waals surface area contributed by atoms with Crippen LogP contribution in [0.1, 0.15) is 18.5 Å². The minimum absolute atomic E-state index is 0.0129. The van der Waals surface area contributed by atoms with Gasteiger partial charge in [0.2, 0.25) is 0 Å². The van der Waals surface area contributed by atoms with Crippen LogP contribution in [0, 0.1) is 0 Å². The average molecular weight is 228 g/mol. The summed E-state index contributed by atoms with van der Waals surface area (Å²) in [6.07, 6.45) is 0. The molecule has 0 aromatic heterocycles. The zero-order valence-electron chi connectivity index (χ0n) is 10.0. The first-order valence-corrected chi connectivity index (χ1v) is 5.68. The van der Waals surface area contributed by atoms with Crippen molar-refractivity contribution < 1.29 is 4.79 Å². The highest BCUT2D eigenvalue weighted by atomic mass is 16.2. The zero-order valence-corrected chi connectivity index (χ0v) is 10.0. The normalized spacial score (nSPS) is 12.1. The van der Waals surface area contributed by atoms with E-state index in [1.54, 1.807) is 7.05 Å². The van der Waals surface area contributed by atoms with E-state index >= 15 is 0 Å². The Morgan fingerprint density at radius 1 is 1.12 bits per heavy atom. The first-order valence-electron chi connectivity index (χ1n) is 5.68. The van der Waals surface area contributed by atoms with Crippen LogP contribution in [0.4, 0.5) is 4.79 Å². The van der Waals surface area contributed by atoms with Crippen LogP contribution < -0.4 is 10.6 Å². The minimum atomic E-state index is -0.162. The number of hydrogen-bond acceptors (Lipinski definition) is 1. The SMILES string of the molecule is CNC(=O)N[C@@H](C)c1cccc2ccccc12. The summed E-state index contributed by atoms with van der Waals surface area (Å²) in [5.74, 6) is 0. The van der Waals surface area contributed by atoms with Gasteiger partial charge in [0, 0.05) is 7.05 Å². The Morgan fingerprint density at radius 3 is 2.59 bits per heavy atom. The van der Waals surface area contributed by atoms with Crippen LogP contribution in [0.3, 0.4) is 0 Å². The molecule has 0 unspecified atom stereocenters. The molecule has 0 aliphatic carbocycles. The molecule has 2 aromatic carbocycles. The fraction of sp³-hybridized carbons (Fsp3) is 0.214. The van der Waals surface area contributed by atoms with Crippen molar-refractivity contribution in [1.82, 2.24) is 10.6 Å². The van der Waals surface area contributed by atoms with Crippen molar-refractivity contribution in [3.8, 4) is 0 Å². The van der Waals surface area contributed by atoms with Crippen molar-refractivity contribution in [3.63, 3.8) is 0 Å². The molecule has 0 fully saturated rings. The first-order chi connectivity index (χ1) is 8.22. The third-order valence-electron chi connectivity index (χ3n) is 2.86. The van der Waals surface area contributed by atoms with Crippen molar-refractivity contribution in [2.75, 3.05) is 7.05 Å². The van der Waals surface area contributed by atoms with E-state index in [2.05, 4.69) is 28.8 Å². The Labute approximate surface area is 101 Å². The molecule has 3 nitrogen and oxygen atoms in total. The van der Waals surface area contributed by atoms with Gasteiger partial charge in [-0.1, -0.05) is 42.5 Å². The number of amides is 2. The van der Waals surface area contributed by atoms with Crippen molar-refractivity contribution in [2.24, 2.45) is 0 Å². The van der Waals surface area contributed by atoms with Crippen LogP contribution >= 0.6 is 0 Å². The number of carbonyl (C=O) groups excluding carboxylic acids is 1. The number of urea groups is 1. The molecule has 0 saturated heterocycles. The van der Waals surface area contributed by atoms with Gasteiger partial charge in [-0.15, -0.1) is 0 Å². The average Bonchev–Trinajstić information content (AvgIpc) is 2.37. The number of nitrogens with one attached hydrogen (secondary N) is 2. The van der Waals surface area contributed by atoms with Crippen LogP contribution in [0.25, 0.3) is 10.8 Å². The Balaban J connectivity index is 2.38. The summed E-state index contributed by atoms with van der Waals surface area (Å²) in [5.41, 5.74) is 1.13. The van der Waals surface area contributed by atoms with E-state index in [0.717, 1.165) is 5.56 Å². The number of hydrogen-bond donors (Lipinski definition) is 2. The molecule has 3 heteroatoms. The van der Waals surface area contributed by atoms with Gasteiger partial charge in [-0.3, -0.25) is 0 Å². The molecule has 1 atom stereocenters. The van der Waals surface area contributed by atoms with Gasteiger partial charge in [-0.2, -0.15) is 0 Å². The topological polar surface area (TPSA) is 41.1 Å². The Morgan fingerprint density at radius 2 is 1.82 bits per heavy atom. The van der Waals surface area contributed by atoms with Crippen molar-refractivity contribution in [3.05, 3.63) is 48.0 Å². The lowest BCUT2D eigenvalue weighted by atomic mass is 10.00. The Hall–Kier alpha value is -2.03. The van der Waals surface area contributed by atoms with E-state index in [1.807, 2.05) is 31.2 Å². The number of rotatable bonds is 2. The fourth-order valence-electron chi connectivity index (χ4n) is 1.97. The van der Waals surface area contributed by atoms with E-state index in [0.29, 0.717) is 0 Å². The third-order valence-corrected chi connectivity index (χ3v) is 2.86. The van der Waals surface area contributed by atoms with Crippen LogP contribution in [0.2, 0.25) is 0 Å². The lowest BCUT2D eigenvalue weighted by Crippen LogP contribution is -2.34. The van der Waals surface area contributed by atoms with Gasteiger partial charge in [-0.05, 0) is 23.3 Å². The third kappa shape index (κ3) is 2.38. The predicted octanol–water partition coefficient (Wildman–Crippen LogP) is 2.83. The molecule has 0 heterocycles. The monoisotopic (exact) mass is 228 g/mol. The molecule has 2 rings (SSSR count). The summed E-state index contributed by atoms with van der Waals surface area (Å²) >= 11 is 0. The van der Waals surface area contributed by atoms with E-state index in [9.17, 15) is 4.79 Å². The summed E-state index contributed by atoms with van der Waals surface area (Å²) in [6, 6.07) is 14.1. The van der Waals surface area contributed by atoms with Crippen LogP contribution in [-0.4, -0.2) is 13.1 Å². The summed E-state index contributed by atoms with van der Waals surface area (Å²) < 4.78 is 0. The molecular weight excluding hydrogens is 212 g/mol. The summed E-state index contributed by atoms with van der Waals surface area (Å²) in [5, 5.41) is 7.82. The molecule has 0 bridgehead atoms. The molecule has 88 valence electrons. The first kappa shape index (κ1) is 11.5. The second-order valence-corrected chi connectivity index (χ2v) is 4.01. The van der Waals surface area contributed by atoms with Gasteiger partial charge in [0.05, 0.1) is 6.04 Å². The molecule has 2 aromatic rings. The Kier molecular flexibility index (Phi) is 3.28. The maximum Gasteiger partial charge on any atom is 0.315 e. The van der Waals surface area contributed by atoms with Gasteiger partial charge < -0.3 is 10.6 Å². The largest absolute Gasteiger partial charge is 0.341 e. The van der Waals surface area contributed by atoms with Crippen LogP contribution in [0.15, 0.2) is 42.5 Å². The molecule has 2 N–H and O–H groups in total. The van der Waals surface area contributed by atoms with Gasteiger partial charge in [0.15, 0.2) is 0 Å². The summed E-state index contributed by atoms with van der Waals surface area (Å²) in [7, 11) is 1.62. The second-order valence-electron chi connectivity index (χ2n) is 4.01. The molecule has 17 heavy (non-hydrogen) atoms. The standard InChI is InChI=1S/C14H16N2O/c1-10(16-14(17)15-2)12-9-5-7-11-6-3-4-8-13(11)12/h3-10H,1-2H3,(H2,15,16,17)/t10-/m0/s1. The minimum Gasteiger partial charge on any atom is -0.341 e. The highest BCUT2D eigenvalue weighted by Gasteiger charge is 2.10. The van der Waals surface area contributed by atoms with E-state index in [-0.39, 0.29) is 12.1 Å². The molecule has 0 spiro atoms. The number of carbonyl (C=O) groups is 1. The molecule has 0 radical (unpaired) electrons. The number of benzene rings is 2. The number of fused-ring (bicyclic) bond motifs is 1. The summed E-state index contributed by atoms with van der Waals surface area (Å²) in [4.78, 5) is 11.3. The van der Waals surface area contributed by atoms with Gasteiger partial charge >= 0.3 is 6.03 Å². The predicted molar refractivity (Wildman–Crippen MR) is 70.0 cm³/mol. The second kappa shape index (κ2) is 4.87. The maximum absolute atomic E-state index is 11.3. The van der Waals surface area contributed by atoms with E-state index in [4.69, 9.17) is 0 Å². The van der Waals surface area contributed by atoms with Crippen molar-refractivity contribution in [1.29, 1.82) is 0 Å². The van der Waals surface area contributed by atoms with Gasteiger partial charge in [0.1, 0.15) is 0 Å². The highest BCUT2D eigenvalue weighted by Crippen LogP contribution is 2.23. The molecular formula is C14H16N2O. The Bertz CT molecular complexity index is 531. The van der Waals surface area contributed by atoms with Crippen LogP contribution in [0.5, 0.6) is 0 Å². The highest BCUT2D eigenvalue weighted by molar-refractivity contribution is 5.86. The zero-order chi connectivity index (χ0) is 12.3. The lowest BCUT2D eigenvalue weighted by Gasteiger charge is -2.16. The quantitative estimate of drug-likeness (QED) is 0.815. The van der Waals surface area contributed by atoms with Crippen LogP contribution in [-0.2, 0) is 0 Å². The molecule has 0 saturated carbocycles. The molecule has 2 amide bonds. The van der Waals surface area contributed by atoms with Gasteiger partial charge in [-0.25, -0.2) is 4.79 Å². The van der Waals surface area contributed by atoms with E-state index in [1.165, 1.54) is 10.8 Å². The lowest BCUT2D eigenvalue weighted by molar-refractivity contribution is 0.240. The molecule has 0 aliphatic heterocycles.